The van der Waals surface area contributed by atoms with E-state index in [-0.39, 0.29) is 23.8 Å². The smallest absolute Gasteiger partial charge is 0.244 e. The number of thiophene rings is 1. The van der Waals surface area contributed by atoms with E-state index in [0.29, 0.717) is 15.7 Å². The van der Waals surface area contributed by atoms with Crippen molar-refractivity contribution in [3.63, 3.8) is 0 Å². The van der Waals surface area contributed by atoms with Crippen LogP contribution in [0.5, 0.6) is 0 Å². The maximum absolute atomic E-state index is 12.3. The lowest BCUT2D eigenvalue weighted by Crippen LogP contribution is -2.24. The van der Waals surface area contributed by atoms with Crippen LogP contribution >= 0.6 is 22.9 Å². The fourth-order valence-electron chi connectivity index (χ4n) is 1.93. The van der Waals surface area contributed by atoms with E-state index in [0.717, 1.165) is 4.88 Å². The minimum absolute atomic E-state index is 0.0140. The summed E-state index contributed by atoms with van der Waals surface area (Å²) in [7, 11) is -3.74. The predicted molar refractivity (Wildman–Crippen MR) is 77.5 cm³/mol. The van der Waals surface area contributed by atoms with Gasteiger partial charge < -0.3 is 9.52 Å². The lowest BCUT2D eigenvalue weighted by atomic mass is 10.2. The second-order valence-corrected chi connectivity index (χ2v) is 7.71. The highest BCUT2D eigenvalue weighted by atomic mass is 35.5. The van der Waals surface area contributed by atoms with Crippen LogP contribution in [0.2, 0.25) is 4.34 Å². The van der Waals surface area contributed by atoms with Crippen molar-refractivity contribution in [3.8, 4) is 0 Å². The molecule has 2 aromatic rings. The third-order valence-electron chi connectivity index (χ3n) is 2.82. The number of halogens is 1. The highest BCUT2D eigenvalue weighted by Gasteiger charge is 2.26. The monoisotopic (exact) mass is 335 g/mol. The summed E-state index contributed by atoms with van der Waals surface area (Å²) < 4.78 is 33.0. The lowest BCUT2D eigenvalue weighted by molar-refractivity contribution is 0.276. The molecule has 0 aliphatic carbocycles. The van der Waals surface area contributed by atoms with E-state index >= 15 is 0 Å². The Hall–Kier alpha value is -0.860. The van der Waals surface area contributed by atoms with Crippen molar-refractivity contribution < 1.29 is 17.9 Å². The van der Waals surface area contributed by atoms with E-state index in [9.17, 15) is 13.5 Å². The van der Waals surface area contributed by atoms with Crippen molar-refractivity contribution >= 4 is 33.0 Å². The minimum Gasteiger partial charge on any atom is -0.465 e. The molecule has 110 valence electrons. The maximum Gasteiger partial charge on any atom is 0.244 e. The van der Waals surface area contributed by atoms with Gasteiger partial charge in [0.1, 0.15) is 16.4 Å². The van der Waals surface area contributed by atoms with Gasteiger partial charge in [-0.1, -0.05) is 11.6 Å². The van der Waals surface area contributed by atoms with E-state index in [4.69, 9.17) is 16.0 Å². The SMILES string of the molecule is Cc1oc(C)c(S(=O)(=O)NCc2ccc(Cl)s2)c1CO. The molecule has 2 heterocycles. The van der Waals surface area contributed by atoms with Crippen LogP contribution in [-0.4, -0.2) is 13.5 Å². The van der Waals surface area contributed by atoms with Gasteiger partial charge in [-0.05, 0) is 26.0 Å². The topological polar surface area (TPSA) is 79.5 Å². The highest BCUT2D eigenvalue weighted by molar-refractivity contribution is 7.89. The fraction of sp³-hybridized carbons (Fsp3) is 0.333. The first-order chi connectivity index (χ1) is 9.35. The zero-order valence-electron chi connectivity index (χ0n) is 10.9. The summed E-state index contributed by atoms with van der Waals surface area (Å²) in [5, 5.41) is 9.30. The predicted octanol–water partition coefficient (Wildman–Crippen LogP) is 2.58. The maximum atomic E-state index is 12.3. The molecule has 0 saturated heterocycles. The molecular weight excluding hydrogens is 322 g/mol. The molecular formula is C12H14ClNO4S2. The zero-order valence-corrected chi connectivity index (χ0v) is 13.3. The van der Waals surface area contributed by atoms with E-state index in [1.165, 1.54) is 11.3 Å². The van der Waals surface area contributed by atoms with Crippen molar-refractivity contribution in [1.82, 2.24) is 4.72 Å². The molecule has 2 aromatic heterocycles. The van der Waals surface area contributed by atoms with Crippen LogP contribution in [0.25, 0.3) is 0 Å². The second-order valence-electron chi connectivity index (χ2n) is 4.21. The summed E-state index contributed by atoms with van der Waals surface area (Å²) >= 11 is 7.11. The van der Waals surface area contributed by atoms with Crippen LogP contribution in [0.4, 0.5) is 0 Å². The molecule has 0 saturated carbocycles. The molecule has 0 aliphatic heterocycles. The van der Waals surface area contributed by atoms with Crippen LogP contribution < -0.4 is 4.72 Å². The number of rotatable bonds is 5. The summed E-state index contributed by atoms with van der Waals surface area (Å²) in [6.07, 6.45) is 0. The molecule has 0 aromatic carbocycles. The number of aryl methyl sites for hydroxylation is 2. The summed E-state index contributed by atoms with van der Waals surface area (Å²) in [6, 6.07) is 3.47. The molecule has 2 N–H and O–H groups in total. The molecule has 0 spiro atoms. The molecule has 0 atom stereocenters. The first kappa shape index (κ1) is 15.5. The Morgan fingerprint density at radius 2 is 2.05 bits per heavy atom. The van der Waals surface area contributed by atoms with Crippen molar-refractivity contribution in [3.05, 3.63) is 38.4 Å². The number of aliphatic hydroxyl groups is 1. The lowest BCUT2D eigenvalue weighted by Gasteiger charge is -2.06. The van der Waals surface area contributed by atoms with Crippen molar-refractivity contribution in [2.24, 2.45) is 0 Å². The van der Waals surface area contributed by atoms with E-state index in [1.54, 1.807) is 26.0 Å². The van der Waals surface area contributed by atoms with Crippen molar-refractivity contribution in [2.45, 2.75) is 31.9 Å². The molecule has 0 radical (unpaired) electrons. The Bertz CT molecular complexity index is 718. The Balaban J connectivity index is 2.27. The number of nitrogens with one attached hydrogen (secondary N) is 1. The van der Waals surface area contributed by atoms with Crippen LogP contribution in [-0.2, 0) is 23.2 Å². The Labute approximate surface area is 126 Å². The Morgan fingerprint density at radius 3 is 2.60 bits per heavy atom. The van der Waals surface area contributed by atoms with Crippen LogP contribution in [0.1, 0.15) is 22.0 Å². The summed E-state index contributed by atoms with van der Waals surface area (Å²) in [5.41, 5.74) is 0.291. The molecule has 0 fully saturated rings. The normalized spacial score (nSPS) is 12.0. The third-order valence-corrected chi connectivity index (χ3v) is 5.64. The largest absolute Gasteiger partial charge is 0.465 e. The summed E-state index contributed by atoms with van der Waals surface area (Å²) in [6.45, 7) is 2.94. The third kappa shape index (κ3) is 3.07. The first-order valence-electron chi connectivity index (χ1n) is 5.78. The van der Waals surface area contributed by atoms with Gasteiger partial charge in [0.05, 0.1) is 10.9 Å². The van der Waals surface area contributed by atoms with Gasteiger partial charge in [-0.15, -0.1) is 11.3 Å². The standard InChI is InChI=1S/C12H14ClNO4S2/c1-7-10(6-15)12(8(2)18-7)20(16,17)14-5-9-3-4-11(13)19-9/h3-4,14-15H,5-6H2,1-2H3. The number of furan rings is 1. The van der Waals surface area contributed by atoms with Gasteiger partial charge in [-0.3, -0.25) is 0 Å². The summed E-state index contributed by atoms with van der Waals surface area (Å²) in [5.74, 6) is 0.674. The number of aliphatic hydroxyl groups excluding tert-OH is 1. The van der Waals surface area contributed by atoms with Crippen LogP contribution in [0.3, 0.4) is 0 Å². The van der Waals surface area contributed by atoms with Gasteiger partial charge in [0.2, 0.25) is 10.0 Å². The van der Waals surface area contributed by atoms with Gasteiger partial charge in [0.25, 0.3) is 0 Å². The van der Waals surface area contributed by atoms with Gasteiger partial charge in [-0.25, -0.2) is 13.1 Å². The fourth-order valence-corrected chi connectivity index (χ4v) is 4.49. The van der Waals surface area contributed by atoms with Crippen molar-refractivity contribution in [2.75, 3.05) is 0 Å². The average Bonchev–Trinajstić information content (AvgIpc) is 2.90. The quantitative estimate of drug-likeness (QED) is 0.880. The molecule has 8 heteroatoms. The Kier molecular flexibility index (Phi) is 4.55. The Morgan fingerprint density at radius 1 is 1.35 bits per heavy atom. The minimum atomic E-state index is -3.74. The van der Waals surface area contributed by atoms with E-state index in [1.807, 2.05) is 0 Å². The second kappa shape index (κ2) is 5.87. The highest BCUT2D eigenvalue weighted by Crippen LogP contribution is 2.27. The zero-order chi connectivity index (χ0) is 14.9. The summed E-state index contributed by atoms with van der Waals surface area (Å²) in [4.78, 5) is 0.821. The number of hydrogen-bond acceptors (Lipinski definition) is 5. The van der Waals surface area contributed by atoms with Gasteiger partial charge in [-0.2, -0.15) is 0 Å². The van der Waals surface area contributed by atoms with Gasteiger partial charge in [0.15, 0.2) is 0 Å². The molecule has 0 unspecified atom stereocenters. The molecule has 0 aliphatic rings. The van der Waals surface area contributed by atoms with Gasteiger partial charge >= 0.3 is 0 Å². The van der Waals surface area contributed by atoms with Crippen LogP contribution in [0.15, 0.2) is 21.4 Å². The van der Waals surface area contributed by atoms with Gasteiger partial charge in [0, 0.05) is 17.0 Å². The van der Waals surface area contributed by atoms with Crippen LogP contribution in [0, 0.1) is 13.8 Å². The number of hydrogen-bond donors (Lipinski definition) is 2. The number of sulfonamides is 1. The molecule has 20 heavy (non-hydrogen) atoms. The average molecular weight is 336 g/mol. The van der Waals surface area contributed by atoms with E-state index < -0.39 is 10.0 Å². The van der Waals surface area contributed by atoms with Crippen molar-refractivity contribution in [1.29, 1.82) is 0 Å². The first-order valence-corrected chi connectivity index (χ1v) is 8.46. The molecule has 5 nitrogen and oxygen atoms in total. The van der Waals surface area contributed by atoms with E-state index in [2.05, 4.69) is 4.72 Å². The molecule has 2 rings (SSSR count). The molecule has 0 amide bonds. The molecule has 0 bridgehead atoms.